The molecule has 1 fully saturated rings. The maximum absolute atomic E-state index is 11.7. The van der Waals surface area contributed by atoms with Crippen molar-refractivity contribution in [1.82, 2.24) is 4.90 Å². The molecule has 0 saturated carbocycles. The van der Waals surface area contributed by atoms with E-state index in [1.807, 2.05) is 31.3 Å². The summed E-state index contributed by atoms with van der Waals surface area (Å²) in [4.78, 5) is 13.9. The van der Waals surface area contributed by atoms with Gasteiger partial charge in [-0.3, -0.25) is 4.79 Å². The summed E-state index contributed by atoms with van der Waals surface area (Å²) in [5.41, 5.74) is 1.15. The number of esters is 1. The molecule has 0 spiro atoms. The average molecular weight is 254 g/mol. The van der Waals surface area contributed by atoms with Crippen LogP contribution in [0.1, 0.15) is 11.5 Å². The number of likely N-dealkylation sites (N-methyl/N-ethyl adjacent to an activating group) is 1. The molecule has 0 unspecified atom stereocenters. The molecule has 1 aliphatic rings. The van der Waals surface area contributed by atoms with Crippen LogP contribution in [0.5, 0.6) is 0 Å². The number of ether oxygens (including phenoxy) is 1. The van der Waals surface area contributed by atoms with Gasteiger partial charge in [0, 0.05) is 24.0 Å². The van der Waals surface area contributed by atoms with Crippen LogP contribution in [-0.4, -0.2) is 38.1 Å². The fraction of sp³-hybridized carbons (Fsp3) is 0.462. The molecule has 0 aromatic heterocycles. The van der Waals surface area contributed by atoms with E-state index in [1.54, 1.807) is 0 Å². The maximum Gasteiger partial charge on any atom is 0.310 e. The summed E-state index contributed by atoms with van der Waals surface area (Å²) in [6.45, 7) is 1.63. The zero-order chi connectivity index (χ0) is 12.4. The van der Waals surface area contributed by atoms with Crippen LogP contribution >= 0.6 is 11.6 Å². The normalized spacial score (nSPS) is 24.9. The van der Waals surface area contributed by atoms with E-state index in [-0.39, 0.29) is 17.8 Å². The van der Waals surface area contributed by atoms with Crippen molar-refractivity contribution >= 4 is 17.6 Å². The first kappa shape index (κ1) is 12.4. The molecule has 92 valence electrons. The van der Waals surface area contributed by atoms with Crippen LogP contribution in [-0.2, 0) is 9.53 Å². The van der Waals surface area contributed by atoms with Crippen molar-refractivity contribution in [2.45, 2.75) is 5.92 Å². The van der Waals surface area contributed by atoms with Gasteiger partial charge in [-0.15, -0.1) is 0 Å². The van der Waals surface area contributed by atoms with Crippen LogP contribution in [0.15, 0.2) is 24.3 Å². The first-order valence-electron chi connectivity index (χ1n) is 5.63. The zero-order valence-corrected chi connectivity index (χ0v) is 10.8. The molecule has 17 heavy (non-hydrogen) atoms. The molecule has 0 aliphatic carbocycles. The highest BCUT2D eigenvalue weighted by Gasteiger charge is 2.37. The number of nitrogens with zero attached hydrogens (tertiary/aromatic N) is 1. The molecule has 0 bridgehead atoms. The first-order valence-corrected chi connectivity index (χ1v) is 6.01. The number of hydrogen-bond donors (Lipinski definition) is 0. The third-order valence-corrected chi connectivity index (χ3v) is 3.56. The van der Waals surface area contributed by atoms with Crippen LogP contribution in [0, 0.1) is 5.92 Å². The number of benzene rings is 1. The Balaban J connectivity index is 2.23. The molecule has 0 N–H and O–H groups in total. The minimum atomic E-state index is -0.130. The van der Waals surface area contributed by atoms with Gasteiger partial charge in [0.2, 0.25) is 0 Å². The van der Waals surface area contributed by atoms with Crippen molar-refractivity contribution in [1.29, 1.82) is 0 Å². The van der Waals surface area contributed by atoms with Crippen molar-refractivity contribution in [3.05, 3.63) is 34.9 Å². The maximum atomic E-state index is 11.7. The van der Waals surface area contributed by atoms with Gasteiger partial charge in [0.05, 0.1) is 13.0 Å². The Hall–Kier alpha value is -1.06. The van der Waals surface area contributed by atoms with Gasteiger partial charge in [-0.1, -0.05) is 23.7 Å². The largest absolute Gasteiger partial charge is 0.469 e. The average Bonchev–Trinajstić information content (AvgIpc) is 2.71. The number of carbonyl (C=O) groups is 1. The Morgan fingerprint density at radius 3 is 2.59 bits per heavy atom. The van der Waals surface area contributed by atoms with Crippen LogP contribution in [0.3, 0.4) is 0 Å². The number of methoxy groups -OCH3 is 1. The van der Waals surface area contributed by atoms with E-state index >= 15 is 0 Å². The molecule has 4 heteroatoms. The van der Waals surface area contributed by atoms with Gasteiger partial charge in [-0.2, -0.15) is 0 Å². The van der Waals surface area contributed by atoms with E-state index in [0.717, 1.165) is 23.7 Å². The second kappa shape index (κ2) is 5.07. The third-order valence-electron chi connectivity index (χ3n) is 3.30. The molecule has 0 amide bonds. The molecular weight excluding hydrogens is 238 g/mol. The van der Waals surface area contributed by atoms with Gasteiger partial charge in [0.25, 0.3) is 0 Å². The zero-order valence-electron chi connectivity index (χ0n) is 10.0. The summed E-state index contributed by atoms with van der Waals surface area (Å²) in [5, 5.41) is 0.717. The van der Waals surface area contributed by atoms with E-state index in [9.17, 15) is 4.79 Å². The Labute approximate surface area is 106 Å². The second-order valence-corrected chi connectivity index (χ2v) is 4.95. The molecule has 0 radical (unpaired) electrons. The molecular formula is C13H16ClNO2. The summed E-state index contributed by atoms with van der Waals surface area (Å²) in [6, 6.07) is 7.71. The highest BCUT2D eigenvalue weighted by Crippen LogP contribution is 2.33. The summed E-state index contributed by atoms with van der Waals surface area (Å²) >= 11 is 5.87. The van der Waals surface area contributed by atoms with Crippen LogP contribution < -0.4 is 0 Å². The van der Waals surface area contributed by atoms with Crippen molar-refractivity contribution in [3.8, 4) is 0 Å². The SMILES string of the molecule is COC(=O)[C@H]1CN(C)C[C@@H]1c1ccc(Cl)cc1. The van der Waals surface area contributed by atoms with Gasteiger partial charge >= 0.3 is 5.97 Å². The Bertz CT molecular complexity index is 404. The summed E-state index contributed by atoms with van der Waals surface area (Å²) in [7, 11) is 3.46. The van der Waals surface area contributed by atoms with E-state index in [4.69, 9.17) is 16.3 Å². The number of rotatable bonds is 2. The standard InChI is InChI=1S/C13H16ClNO2/c1-15-7-11(12(8-15)13(16)17-2)9-3-5-10(14)6-4-9/h3-6,11-12H,7-8H2,1-2H3/t11-,12+/m1/s1. The Morgan fingerprint density at radius 2 is 2.00 bits per heavy atom. The highest BCUT2D eigenvalue weighted by molar-refractivity contribution is 6.30. The van der Waals surface area contributed by atoms with Crippen LogP contribution in [0.4, 0.5) is 0 Å². The lowest BCUT2D eigenvalue weighted by Gasteiger charge is -2.16. The molecule has 1 saturated heterocycles. The molecule has 1 heterocycles. The fourth-order valence-electron chi connectivity index (χ4n) is 2.44. The first-order chi connectivity index (χ1) is 8.11. The van der Waals surface area contributed by atoms with Gasteiger partial charge in [-0.05, 0) is 24.7 Å². The topological polar surface area (TPSA) is 29.5 Å². The minimum Gasteiger partial charge on any atom is -0.469 e. The number of hydrogen-bond acceptors (Lipinski definition) is 3. The molecule has 2 rings (SSSR count). The van der Waals surface area contributed by atoms with Crippen LogP contribution in [0.2, 0.25) is 5.02 Å². The predicted molar refractivity (Wildman–Crippen MR) is 67.2 cm³/mol. The Kier molecular flexibility index (Phi) is 3.69. The van der Waals surface area contributed by atoms with Crippen LogP contribution in [0.25, 0.3) is 0 Å². The third kappa shape index (κ3) is 2.61. The minimum absolute atomic E-state index is 0.0776. The Morgan fingerprint density at radius 1 is 1.35 bits per heavy atom. The number of likely N-dealkylation sites (tertiary alicyclic amines) is 1. The molecule has 3 nitrogen and oxygen atoms in total. The molecule has 2 atom stereocenters. The van der Waals surface area contributed by atoms with E-state index in [1.165, 1.54) is 7.11 Å². The predicted octanol–water partition coefficient (Wildman–Crippen LogP) is 2.16. The van der Waals surface area contributed by atoms with Crippen molar-refractivity contribution in [2.75, 3.05) is 27.2 Å². The van der Waals surface area contributed by atoms with Gasteiger partial charge in [-0.25, -0.2) is 0 Å². The summed E-state index contributed by atoms with van der Waals surface area (Å²) in [6.07, 6.45) is 0. The van der Waals surface area contributed by atoms with Crippen molar-refractivity contribution in [3.63, 3.8) is 0 Å². The smallest absolute Gasteiger partial charge is 0.310 e. The molecule has 1 aromatic carbocycles. The lowest BCUT2D eigenvalue weighted by Crippen LogP contribution is -2.23. The van der Waals surface area contributed by atoms with Gasteiger partial charge in [0.15, 0.2) is 0 Å². The van der Waals surface area contributed by atoms with Crippen molar-refractivity contribution < 1.29 is 9.53 Å². The van der Waals surface area contributed by atoms with Gasteiger partial charge in [0.1, 0.15) is 0 Å². The van der Waals surface area contributed by atoms with E-state index in [2.05, 4.69) is 4.90 Å². The highest BCUT2D eigenvalue weighted by atomic mass is 35.5. The fourth-order valence-corrected chi connectivity index (χ4v) is 2.56. The lowest BCUT2D eigenvalue weighted by atomic mass is 9.89. The second-order valence-electron chi connectivity index (χ2n) is 4.51. The lowest BCUT2D eigenvalue weighted by molar-refractivity contribution is -0.145. The van der Waals surface area contributed by atoms with Gasteiger partial charge < -0.3 is 9.64 Å². The molecule has 1 aromatic rings. The summed E-state index contributed by atoms with van der Waals surface area (Å²) < 4.78 is 4.87. The quantitative estimate of drug-likeness (QED) is 0.757. The number of carbonyl (C=O) groups excluding carboxylic acids is 1. The van der Waals surface area contributed by atoms with Crippen molar-refractivity contribution in [2.24, 2.45) is 5.92 Å². The van der Waals surface area contributed by atoms with E-state index in [0.29, 0.717) is 0 Å². The number of halogens is 1. The summed E-state index contributed by atoms with van der Waals surface area (Å²) in [5.74, 6) is -0.00908. The van der Waals surface area contributed by atoms with E-state index < -0.39 is 0 Å². The monoisotopic (exact) mass is 253 g/mol. The molecule has 1 aliphatic heterocycles.